The number of hydrogen-bond donors (Lipinski definition) is 0. The van der Waals surface area contributed by atoms with E-state index in [1.54, 1.807) is 11.3 Å². The van der Waals surface area contributed by atoms with E-state index in [2.05, 4.69) is 84.9 Å². The average molecular weight is 443 g/mol. The molecule has 0 bridgehead atoms. The summed E-state index contributed by atoms with van der Waals surface area (Å²) in [6, 6.07) is 41.4. The van der Waals surface area contributed by atoms with Gasteiger partial charge in [-0.3, -0.25) is 9.98 Å². The third kappa shape index (κ3) is 5.05. The first-order chi connectivity index (χ1) is 16.4. The SMILES string of the molecule is C(=Nc1ccccc1-c1ccccc1)c1ccc(C=Nc2ccccc2-c2ccccc2)s1. The lowest BCUT2D eigenvalue weighted by molar-refractivity contribution is 1.51. The molecule has 0 aliphatic heterocycles. The Kier molecular flexibility index (Phi) is 6.32. The number of aliphatic imine (C=N–C) groups is 2. The van der Waals surface area contributed by atoms with Gasteiger partial charge in [0.2, 0.25) is 0 Å². The van der Waals surface area contributed by atoms with E-state index in [0.29, 0.717) is 0 Å². The van der Waals surface area contributed by atoms with Crippen molar-refractivity contribution in [2.24, 2.45) is 9.98 Å². The van der Waals surface area contributed by atoms with Crippen LogP contribution in [0.15, 0.2) is 131 Å². The van der Waals surface area contributed by atoms with Crippen molar-refractivity contribution in [1.82, 2.24) is 0 Å². The van der Waals surface area contributed by atoms with Gasteiger partial charge in [0, 0.05) is 33.3 Å². The Bertz CT molecular complexity index is 1290. The third-order valence-corrected chi connectivity index (χ3v) is 6.24. The molecule has 0 spiro atoms. The Labute approximate surface area is 198 Å². The predicted octanol–water partition coefficient (Wildman–Crippen LogP) is 8.58. The van der Waals surface area contributed by atoms with Crippen LogP contribution in [0.2, 0.25) is 0 Å². The van der Waals surface area contributed by atoms with E-state index >= 15 is 0 Å². The van der Waals surface area contributed by atoms with Gasteiger partial charge in [-0.15, -0.1) is 11.3 Å². The molecule has 0 atom stereocenters. The fourth-order valence-electron chi connectivity index (χ4n) is 3.67. The molecule has 5 rings (SSSR count). The van der Waals surface area contributed by atoms with E-state index in [4.69, 9.17) is 9.98 Å². The summed E-state index contributed by atoms with van der Waals surface area (Å²) in [5.41, 5.74) is 6.52. The van der Waals surface area contributed by atoms with Crippen molar-refractivity contribution in [3.05, 3.63) is 131 Å². The number of para-hydroxylation sites is 2. The number of nitrogens with zero attached hydrogens (tertiary/aromatic N) is 2. The van der Waals surface area contributed by atoms with Gasteiger partial charge in [-0.05, 0) is 35.4 Å². The molecule has 0 amide bonds. The molecule has 1 heterocycles. The minimum Gasteiger partial charge on any atom is -0.255 e. The van der Waals surface area contributed by atoms with Gasteiger partial charge < -0.3 is 0 Å². The smallest absolute Gasteiger partial charge is 0.0708 e. The first kappa shape index (κ1) is 20.8. The van der Waals surface area contributed by atoms with Crippen LogP contribution in [0.4, 0.5) is 11.4 Å². The summed E-state index contributed by atoms with van der Waals surface area (Å²) in [6.07, 6.45) is 3.86. The first-order valence-electron chi connectivity index (χ1n) is 10.8. The molecular weight excluding hydrogens is 420 g/mol. The van der Waals surface area contributed by atoms with Crippen LogP contribution in [0.25, 0.3) is 22.3 Å². The zero-order valence-electron chi connectivity index (χ0n) is 18.0. The highest BCUT2D eigenvalue weighted by atomic mass is 32.1. The van der Waals surface area contributed by atoms with Crippen LogP contribution in [0, 0.1) is 0 Å². The topological polar surface area (TPSA) is 24.7 Å². The lowest BCUT2D eigenvalue weighted by atomic mass is 10.0. The molecule has 3 heteroatoms. The summed E-state index contributed by atoms with van der Waals surface area (Å²) in [5, 5.41) is 0. The van der Waals surface area contributed by atoms with Gasteiger partial charge in [-0.25, -0.2) is 0 Å². The Morgan fingerprint density at radius 3 is 1.27 bits per heavy atom. The van der Waals surface area contributed by atoms with Gasteiger partial charge in [-0.1, -0.05) is 97.1 Å². The zero-order valence-corrected chi connectivity index (χ0v) is 18.8. The van der Waals surface area contributed by atoms with Gasteiger partial charge in [0.1, 0.15) is 0 Å². The van der Waals surface area contributed by atoms with E-state index in [0.717, 1.165) is 32.3 Å². The minimum absolute atomic E-state index is 0.962. The molecule has 0 N–H and O–H groups in total. The number of hydrogen-bond acceptors (Lipinski definition) is 3. The van der Waals surface area contributed by atoms with E-state index in [1.807, 2.05) is 48.8 Å². The van der Waals surface area contributed by atoms with Gasteiger partial charge in [0.05, 0.1) is 11.4 Å². The summed E-state index contributed by atoms with van der Waals surface area (Å²) in [4.78, 5) is 11.7. The molecule has 158 valence electrons. The molecular formula is C30H22N2S. The van der Waals surface area contributed by atoms with E-state index in [9.17, 15) is 0 Å². The molecule has 2 nitrogen and oxygen atoms in total. The lowest BCUT2D eigenvalue weighted by Crippen LogP contribution is -1.80. The fraction of sp³-hybridized carbons (Fsp3) is 0. The van der Waals surface area contributed by atoms with E-state index in [1.165, 1.54) is 11.1 Å². The molecule has 0 saturated carbocycles. The highest BCUT2D eigenvalue weighted by Gasteiger charge is 2.04. The second kappa shape index (κ2) is 10.0. The molecule has 5 aromatic rings. The summed E-state index contributed by atoms with van der Waals surface area (Å²) in [6.45, 7) is 0. The van der Waals surface area contributed by atoms with Crippen molar-refractivity contribution in [2.45, 2.75) is 0 Å². The molecule has 1 aromatic heterocycles. The van der Waals surface area contributed by atoms with Crippen LogP contribution in [0.1, 0.15) is 9.75 Å². The Morgan fingerprint density at radius 1 is 0.424 bits per heavy atom. The van der Waals surface area contributed by atoms with Crippen LogP contribution in [-0.2, 0) is 0 Å². The summed E-state index contributed by atoms with van der Waals surface area (Å²) in [5.74, 6) is 0. The van der Waals surface area contributed by atoms with Crippen molar-refractivity contribution in [2.75, 3.05) is 0 Å². The molecule has 0 aliphatic rings. The van der Waals surface area contributed by atoms with Crippen molar-refractivity contribution in [1.29, 1.82) is 0 Å². The van der Waals surface area contributed by atoms with Crippen molar-refractivity contribution in [3.8, 4) is 22.3 Å². The quantitative estimate of drug-likeness (QED) is 0.235. The largest absolute Gasteiger partial charge is 0.255 e. The molecule has 0 radical (unpaired) electrons. The first-order valence-corrected chi connectivity index (χ1v) is 11.7. The van der Waals surface area contributed by atoms with Crippen LogP contribution in [-0.4, -0.2) is 12.4 Å². The highest BCUT2D eigenvalue weighted by Crippen LogP contribution is 2.31. The maximum atomic E-state index is 4.78. The van der Waals surface area contributed by atoms with Crippen LogP contribution in [0.5, 0.6) is 0 Å². The van der Waals surface area contributed by atoms with Crippen molar-refractivity contribution < 1.29 is 0 Å². The molecule has 33 heavy (non-hydrogen) atoms. The number of thiophene rings is 1. The van der Waals surface area contributed by atoms with E-state index in [-0.39, 0.29) is 0 Å². The lowest BCUT2D eigenvalue weighted by Gasteiger charge is -2.05. The normalized spacial score (nSPS) is 11.4. The second-order valence-electron chi connectivity index (χ2n) is 7.52. The monoisotopic (exact) mass is 442 g/mol. The maximum Gasteiger partial charge on any atom is 0.0708 e. The molecule has 0 fully saturated rings. The second-order valence-corrected chi connectivity index (χ2v) is 8.67. The summed E-state index contributed by atoms with van der Waals surface area (Å²) >= 11 is 1.68. The Morgan fingerprint density at radius 2 is 0.818 bits per heavy atom. The molecule has 0 aliphatic carbocycles. The van der Waals surface area contributed by atoms with Gasteiger partial charge >= 0.3 is 0 Å². The van der Waals surface area contributed by atoms with Crippen molar-refractivity contribution >= 4 is 35.1 Å². The zero-order chi connectivity index (χ0) is 22.3. The molecule has 0 saturated heterocycles. The Hall–Kier alpha value is -4.08. The fourth-order valence-corrected chi connectivity index (χ4v) is 4.42. The third-order valence-electron chi connectivity index (χ3n) is 5.29. The van der Waals surface area contributed by atoms with Crippen LogP contribution >= 0.6 is 11.3 Å². The number of rotatable bonds is 6. The maximum absolute atomic E-state index is 4.78. The highest BCUT2D eigenvalue weighted by molar-refractivity contribution is 7.15. The molecule has 4 aromatic carbocycles. The number of benzene rings is 4. The van der Waals surface area contributed by atoms with Crippen LogP contribution < -0.4 is 0 Å². The van der Waals surface area contributed by atoms with Gasteiger partial charge in [0.25, 0.3) is 0 Å². The summed E-state index contributed by atoms with van der Waals surface area (Å²) < 4.78 is 0. The molecule has 0 unspecified atom stereocenters. The van der Waals surface area contributed by atoms with Gasteiger partial charge in [-0.2, -0.15) is 0 Å². The van der Waals surface area contributed by atoms with Gasteiger partial charge in [0.15, 0.2) is 0 Å². The summed E-state index contributed by atoms with van der Waals surface area (Å²) in [7, 11) is 0. The van der Waals surface area contributed by atoms with Crippen molar-refractivity contribution in [3.63, 3.8) is 0 Å². The van der Waals surface area contributed by atoms with E-state index < -0.39 is 0 Å². The minimum atomic E-state index is 0.962. The van der Waals surface area contributed by atoms with Crippen LogP contribution in [0.3, 0.4) is 0 Å². The predicted molar refractivity (Wildman–Crippen MR) is 143 cm³/mol. The Balaban J connectivity index is 1.36. The standard InChI is InChI=1S/C30H22N2S/c1-3-11-23(12-4-1)27-15-7-9-17-29(27)31-21-25-19-20-26(33-25)22-32-30-18-10-8-16-28(30)24-13-5-2-6-14-24/h1-22H. The average Bonchev–Trinajstić information content (AvgIpc) is 3.35.